The van der Waals surface area contributed by atoms with Crippen LogP contribution in [0.4, 0.5) is 5.69 Å². The SMILES string of the molecule is Cc1cc(C)c(OCCCCC#N)c([N+](=O)[O-])c1. The van der Waals surface area contributed by atoms with Crippen molar-refractivity contribution in [2.45, 2.75) is 33.1 Å². The van der Waals surface area contributed by atoms with E-state index in [2.05, 4.69) is 6.07 Å². The van der Waals surface area contributed by atoms with E-state index in [-0.39, 0.29) is 5.69 Å². The molecule has 0 saturated heterocycles. The number of hydrogen-bond acceptors (Lipinski definition) is 4. The molecule has 96 valence electrons. The van der Waals surface area contributed by atoms with E-state index >= 15 is 0 Å². The molecular weight excluding hydrogens is 232 g/mol. The molecule has 0 aliphatic heterocycles. The second-order valence-corrected chi connectivity index (χ2v) is 4.15. The molecule has 5 heteroatoms. The number of nitro benzene ring substituents is 1. The Bertz CT molecular complexity index is 478. The Morgan fingerprint density at radius 3 is 2.72 bits per heavy atom. The van der Waals surface area contributed by atoms with Gasteiger partial charge in [0.25, 0.3) is 0 Å². The van der Waals surface area contributed by atoms with Gasteiger partial charge in [-0.05, 0) is 37.8 Å². The molecule has 0 aliphatic carbocycles. The molecule has 1 aromatic carbocycles. The van der Waals surface area contributed by atoms with Crippen LogP contribution in [0.2, 0.25) is 0 Å². The quantitative estimate of drug-likeness (QED) is 0.439. The average Bonchev–Trinajstić information content (AvgIpc) is 2.30. The van der Waals surface area contributed by atoms with Crippen LogP contribution < -0.4 is 4.74 Å². The monoisotopic (exact) mass is 248 g/mol. The minimum atomic E-state index is -0.426. The first kappa shape index (κ1) is 14.0. The van der Waals surface area contributed by atoms with E-state index in [9.17, 15) is 10.1 Å². The molecule has 0 unspecified atom stereocenters. The topological polar surface area (TPSA) is 76.2 Å². The molecule has 0 aromatic heterocycles. The summed E-state index contributed by atoms with van der Waals surface area (Å²) < 4.78 is 5.48. The Kier molecular flexibility index (Phi) is 5.12. The fourth-order valence-corrected chi connectivity index (χ4v) is 1.74. The second-order valence-electron chi connectivity index (χ2n) is 4.15. The number of nitro groups is 1. The third-order valence-corrected chi connectivity index (χ3v) is 2.53. The van der Waals surface area contributed by atoms with Gasteiger partial charge in [0.2, 0.25) is 0 Å². The third-order valence-electron chi connectivity index (χ3n) is 2.53. The zero-order chi connectivity index (χ0) is 13.5. The van der Waals surface area contributed by atoms with Crippen molar-refractivity contribution in [3.8, 4) is 11.8 Å². The number of rotatable bonds is 6. The Labute approximate surface area is 106 Å². The maximum Gasteiger partial charge on any atom is 0.311 e. The van der Waals surface area contributed by atoms with E-state index in [1.807, 2.05) is 13.0 Å². The zero-order valence-electron chi connectivity index (χ0n) is 10.6. The van der Waals surface area contributed by atoms with Crippen molar-refractivity contribution in [3.63, 3.8) is 0 Å². The van der Waals surface area contributed by atoms with Crippen molar-refractivity contribution in [3.05, 3.63) is 33.4 Å². The van der Waals surface area contributed by atoms with Gasteiger partial charge in [-0.15, -0.1) is 0 Å². The molecular formula is C13H16N2O3. The maximum atomic E-state index is 10.9. The van der Waals surface area contributed by atoms with Gasteiger partial charge in [0.1, 0.15) is 0 Å². The summed E-state index contributed by atoms with van der Waals surface area (Å²) in [6.45, 7) is 4.01. The number of benzene rings is 1. The lowest BCUT2D eigenvalue weighted by Gasteiger charge is -2.10. The van der Waals surface area contributed by atoms with Crippen LogP contribution in [0, 0.1) is 35.3 Å². The fourth-order valence-electron chi connectivity index (χ4n) is 1.74. The maximum absolute atomic E-state index is 10.9. The van der Waals surface area contributed by atoms with E-state index in [4.69, 9.17) is 10.00 Å². The van der Waals surface area contributed by atoms with E-state index < -0.39 is 4.92 Å². The molecule has 0 N–H and O–H groups in total. The van der Waals surface area contributed by atoms with Gasteiger partial charge in [0.05, 0.1) is 17.6 Å². The molecule has 18 heavy (non-hydrogen) atoms. The lowest BCUT2D eigenvalue weighted by Crippen LogP contribution is -2.03. The normalized spacial score (nSPS) is 9.83. The number of unbranched alkanes of at least 4 members (excludes halogenated alkanes) is 2. The first-order valence-corrected chi connectivity index (χ1v) is 5.81. The van der Waals surface area contributed by atoms with Crippen molar-refractivity contribution in [1.29, 1.82) is 5.26 Å². The minimum Gasteiger partial charge on any atom is -0.487 e. The first-order chi connectivity index (χ1) is 8.56. The van der Waals surface area contributed by atoms with Gasteiger partial charge in [-0.25, -0.2) is 0 Å². The molecule has 0 radical (unpaired) electrons. The molecule has 5 nitrogen and oxygen atoms in total. The lowest BCUT2D eigenvalue weighted by molar-refractivity contribution is -0.386. The number of ether oxygens (including phenoxy) is 1. The highest BCUT2D eigenvalue weighted by atomic mass is 16.6. The zero-order valence-corrected chi connectivity index (χ0v) is 10.6. The molecule has 0 aliphatic rings. The summed E-state index contributed by atoms with van der Waals surface area (Å²) in [4.78, 5) is 10.5. The van der Waals surface area contributed by atoms with Crippen LogP contribution in [-0.2, 0) is 0 Å². The third kappa shape index (κ3) is 3.74. The standard InChI is InChI=1S/C13H16N2O3/c1-10-8-11(2)13(12(9-10)15(16)17)18-7-5-3-4-6-14/h8-9H,3-5,7H2,1-2H3. The van der Waals surface area contributed by atoms with E-state index in [0.717, 1.165) is 24.0 Å². The summed E-state index contributed by atoms with van der Waals surface area (Å²) in [6.07, 6.45) is 1.95. The number of aryl methyl sites for hydroxylation is 2. The van der Waals surface area contributed by atoms with E-state index in [1.54, 1.807) is 6.92 Å². The van der Waals surface area contributed by atoms with Gasteiger partial charge in [-0.3, -0.25) is 10.1 Å². The van der Waals surface area contributed by atoms with Gasteiger partial charge in [-0.2, -0.15) is 5.26 Å². The Hall–Kier alpha value is -2.09. The molecule has 0 atom stereocenters. The molecule has 0 heterocycles. The smallest absolute Gasteiger partial charge is 0.311 e. The highest BCUT2D eigenvalue weighted by Gasteiger charge is 2.18. The van der Waals surface area contributed by atoms with Crippen molar-refractivity contribution in [2.75, 3.05) is 6.61 Å². The van der Waals surface area contributed by atoms with Crippen LogP contribution in [-0.4, -0.2) is 11.5 Å². The van der Waals surface area contributed by atoms with Gasteiger partial charge < -0.3 is 4.74 Å². The van der Waals surface area contributed by atoms with Crippen LogP contribution in [0.5, 0.6) is 5.75 Å². The molecule has 0 fully saturated rings. The van der Waals surface area contributed by atoms with Crippen molar-refractivity contribution in [2.24, 2.45) is 0 Å². The lowest BCUT2D eigenvalue weighted by atomic mass is 10.1. The van der Waals surface area contributed by atoms with Gasteiger partial charge in [-0.1, -0.05) is 6.07 Å². The van der Waals surface area contributed by atoms with Gasteiger partial charge >= 0.3 is 5.69 Å². The molecule has 1 rings (SSSR count). The van der Waals surface area contributed by atoms with E-state index in [0.29, 0.717) is 18.8 Å². The molecule has 1 aromatic rings. The summed E-state index contributed by atoms with van der Waals surface area (Å²) in [5.41, 5.74) is 1.62. The number of nitriles is 1. The van der Waals surface area contributed by atoms with Crippen molar-refractivity contribution >= 4 is 5.69 Å². The predicted octanol–water partition coefficient (Wildman–Crippen LogP) is 3.28. The van der Waals surface area contributed by atoms with Crippen LogP contribution in [0.15, 0.2) is 12.1 Å². The molecule has 0 amide bonds. The minimum absolute atomic E-state index is 0.00721. The summed E-state index contributed by atoms with van der Waals surface area (Å²) >= 11 is 0. The molecule has 0 saturated carbocycles. The van der Waals surface area contributed by atoms with Crippen LogP contribution in [0.25, 0.3) is 0 Å². The highest BCUT2D eigenvalue weighted by Crippen LogP contribution is 2.32. The fraction of sp³-hybridized carbons (Fsp3) is 0.462. The summed E-state index contributed by atoms with van der Waals surface area (Å²) in [5.74, 6) is 0.336. The molecule has 0 spiro atoms. The van der Waals surface area contributed by atoms with Crippen LogP contribution >= 0.6 is 0 Å². The summed E-state index contributed by atoms with van der Waals surface area (Å²) in [5, 5.41) is 19.3. The number of hydrogen-bond donors (Lipinski definition) is 0. The predicted molar refractivity (Wildman–Crippen MR) is 67.5 cm³/mol. The Balaban J connectivity index is 2.75. The first-order valence-electron chi connectivity index (χ1n) is 5.81. The average molecular weight is 248 g/mol. The largest absolute Gasteiger partial charge is 0.487 e. The highest BCUT2D eigenvalue weighted by molar-refractivity contribution is 5.53. The Morgan fingerprint density at radius 1 is 1.39 bits per heavy atom. The molecule has 0 bridgehead atoms. The van der Waals surface area contributed by atoms with Gasteiger partial charge in [0.15, 0.2) is 5.75 Å². The number of nitrogens with zero attached hydrogens (tertiary/aromatic N) is 2. The van der Waals surface area contributed by atoms with Crippen molar-refractivity contribution in [1.82, 2.24) is 0 Å². The van der Waals surface area contributed by atoms with Gasteiger partial charge in [0, 0.05) is 12.5 Å². The van der Waals surface area contributed by atoms with Crippen molar-refractivity contribution < 1.29 is 9.66 Å². The summed E-state index contributed by atoms with van der Waals surface area (Å²) in [6, 6.07) is 5.42. The second kappa shape index (κ2) is 6.60. The van der Waals surface area contributed by atoms with Crippen LogP contribution in [0.1, 0.15) is 30.4 Å². The summed E-state index contributed by atoms with van der Waals surface area (Å²) in [7, 11) is 0. The van der Waals surface area contributed by atoms with Crippen LogP contribution in [0.3, 0.4) is 0 Å². The Morgan fingerprint density at radius 2 is 2.11 bits per heavy atom. The van der Waals surface area contributed by atoms with E-state index in [1.165, 1.54) is 6.07 Å².